The van der Waals surface area contributed by atoms with Crippen LogP contribution in [0.5, 0.6) is 0 Å². The summed E-state index contributed by atoms with van der Waals surface area (Å²) in [6, 6.07) is -0.00116. The van der Waals surface area contributed by atoms with Gasteiger partial charge in [-0.3, -0.25) is 0 Å². The number of hydrogen-bond donors (Lipinski definition) is 2. The van der Waals surface area contributed by atoms with E-state index in [1.165, 1.54) is 0 Å². The highest BCUT2D eigenvalue weighted by molar-refractivity contribution is 4.77. The zero-order chi connectivity index (χ0) is 7.40. The Balaban J connectivity index is 2.24. The Morgan fingerprint density at radius 1 is 1.50 bits per heavy atom. The molecule has 0 aliphatic carbocycles. The van der Waals surface area contributed by atoms with Crippen molar-refractivity contribution in [3.8, 4) is 0 Å². The molecule has 3 nitrogen and oxygen atoms in total. The van der Waals surface area contributed by atoms with Crippen molar-refractivity contribution in [2.45, 2.75) is 31.4 Å². The van der Waals surface area contributed by atoms with Crippen LogP contribution >= 0.6 is 0 Å². The Morgan fingerprint density at radius 3 is 2.80 bits per heavy atom. The summed E-state index contributed by atoms with van der Waals surface area (Å²) in [6.45, 7) is 0.690. The van der Waals surface area contributed by atoms with Crippen molar-refractivity contribution >= 4 is 0 Å². The lowest BCUT2D eigenvalue weighted by Crippen LogP contribution is -2.40. The topological polar surface area (TPSA) is 54.6 Å². The molecule has 0 aromatic carbocycles. The Kier molecular flexibility index (Phi) is 3.12. The molecule has 1 fully saturated rings. The lowest BCUT2D eigenvalue weighted by Gasteiger charge is -2.24. The maximum absolute atomic E-state index is 9.14. The van der Waals surface area contributed by atoms with E-state index in [2.05, 4.69) is 5.32 Å². The van der Waals surface area contributed by atoms with Gasteiger partial charge >= 0.3 is 0 Å². The van der Waals surface area contributed by atoms with E-state index in [4.69, 9.17) is 10.2 Å². The molecule has 59 valence electrons. The van der Waals surface area contributed by atoms with Gasteiger partial charge in [0.15, 0.2) is 0 Å². The van der Waals surface area contributed by atoms with Crippen molar-refractivity contribution < 1.29 is 10.2 Å². The average Bonchev–Trinajstić information content (AvgIpc) is 2.05. The highest BCUT2D eigenvalue weighted by atomic mass is 16.3. The van der Waals surface area contributed by atoms with E-state index in [0.29, 0.717) is 0 Å². The monoisotopic (exact) mass is 144 g/mol. The van der Waals surface area contributed by atoms with Crippen LogP contribution in [0.4, 0.5) is 0 Å². The number of rotatable bonds is 2. The van der Waals surface area contributed by atoms with Gasteiger partial charge in [0, 0.05) is 6.54 Å². The van der Waals surface area contributed by atoms with Crippen LogP contribution in [0.3, 0.4) is 0 Å². The minimum Gasteiger partial charge on any atom is -0.394 e. The van der Waals surface area contributed by atoms with Gasteiger partial charge in [0.05, 0.1) is 18.8 Å². The van der Waals surface area contributed by atoms with Crippen molar-refractivity contribution in [1.82, 2.24) is 5.32 Å². The van der Waals surface area contributed by atoms with Gasteiger partial charge in [0.25, 0.3) is 0 Å². The molecule has 1 radical (unpaired) electrons. The summed E-state index contributed by atoms with van der Waals surface area (Å²) in [4.78, 5) is 0. The van der Waals surface area contributed by atoms with E-state index >= 15 is 0 Å². The molecule has 0 amide bonds. The second kappa shape index (κ2) is 3.91. The predicted octanol–water partition coefficient (Wildman–Crippen LogP) is -0.504. The summed E-state index contributed by atoms with van der Waals surface area (Å²) in [5.74, 6) is 0. The van der Waals surface area contributed by atoms with E-state index in [1.807, 2.05) is 0 Å². The van der Waals surface area contributed by atoms with Gasteiger partial charge in [-0.15, -0.1) is 0 Å². The van der Waals surface area contributed by atoms with Crippen molar-refractivity contribution in [2.24, 2.45) is 0 Å². The molecule has 1 aliphatic heterocycles. The van der Waals surface area contributed by atoms with Gasteiger partial charge in [-0.05, 0) is 12.8 Å². The van der Waals surface area contributed by atoms with Crippen LogP contribution in [0.15, 0.2) is 0 Å². The third-order valence-corrected chi connectivity index (χ3v) is 1.90. The first-order chi connectivity index (χ1) is 4.84. The molecule has 0 spiro atoms. The largest absolute Gasteiger partial charge is 0.394 e. The molecule has 3 heteroatoms. The minimum absolute atomic E-state index is 0.00116. The van der Waals surface area contributed by atoms with E-state index in [0.717, 1.165) is 25.8 Å². The van der Waals surface area contributed by atoms with Crippen LogP contribution in [0.2, 0.25) is 0 Å². The molecule has 1 rings (SSSR count). The van der Waals surface area contributed by atoms with Crippen LogP contribution in [-0.2, 0) is 0 Å². The molecule has 10 heavy (non-hydrogen) atoms. The molecular formula is C7H14NO2. The summed E-state index contributed by atoms with van der Waals surface area (Å²) >= 11 is 0. The van der Waals surface area contributed by atoms with Crippen LogP contribution in [0.25, 0.3) is 0 Å². The number of aliphatic hydroxyl groups is 2. The predicted molar refractivity (Wildman–Crippen MR) is 37.7 cm³/mol. The molecule has 2 atom stereocenters. The van der Waals surface area contributed by atoms with Gasteiger partial charge < -0.3 is 10.2 Å². The van der Waals surface area contributed by atoms with Gasteiger partial charge in [0.2, 0.25) is 0 Å². The molecule has 1 saturated heterocycles. The number of piperidine rings is 1. The molecular weight excluding hydrogens is 130 g/mol. The number of hydrogen-bond acceptors (Lipinski definition) is 2. The first kappa shape index (κ1) is 7.98. The fourth-order valence-electron chi connectivity index (χ4n) is 1.25. The normalized spacial score (nSPS) is 30.0. The fourth-order valence-corrected chi connectivity index (χ4v) is 1.25. The lowest BCUT2D eigenvalue weighted by atomic mass is 10.0. The Labute approximate surface area is 61.1 Å². The minimum atomic E-state index is -0.625. The number of nitrogens with zero attached hydrogens (tertiary/aromatic N) is 1. The van der Waals surface area contributed by atoms with Gasteiger partial charge in [-0.1, -0.05) is 6.42 Å². The van der Waals surface area contributed by atoms with Crippen molar-refractivity contribution in [3.63, 3.8) is 0 Å². The first-order valence-electron chi connectivity index (χ1n) is 3.80. The smallest absolute Gasteiger partial charge is 0.0939 e. The van der Waals surface area contributed by atoms with E-state index in [1.54, 1.807) is 0 Å². The molecule has 0 aromatic heterocycles. The Hall–Kier alpha value is -0.120. The lowest BCUT2D eigenvalue weighted by molar-refractivity contribution is 0.0529. The van der Waals surface area contributed by atoms with E-state index in [9.17, 15) is 0 Å². The van der Waals surface area contributed by atoms with Crippen molar-refractivity contribution in [2.75, 3.05) is 13.2 Å². The number of aliphatic hydroxyl groups excluding tert-OH is 2. The Morgan fingerprint density at radius 2 is 2.30 bits per heavy atom. The van der Waals surface area contributed by atoms with Crippen LogP contribution in [-0.4, -0.2) is 35.5 Å². The summed E-state index contributed by atoms with van der Waals surface area (Å²) < 4.78 is 0. The second-order valence-corrected chi connectivity index (χ2v) is 2.72. The van der Waals surface area contributed by atoms with Crippen LogP contribution in [0.1, 0.15) is 19.3 Å². The van der Waals surface area contributed by atoms with Gasteiger partial charge in [-0.2, -0.15) is 0 Å². The van der Waals surface area contributed by atoms with Gasteiger partial charge in [0.1, 0.15) is 0 Å². The Bertz CT molecular complexity index is 91.6. The highest BCUT2D eigenvalue weighted by Crippen LogP contribution is 2.11. The third-order valence-electron chi connectivity index (χ3n) is 1.90. The zero-order valence-electron chi connectivity index (χ0n) is 6.03. The SMILES string of the molecule is OCC(O)C1CCCC[N]1. The highest BCUT2D eigenvalue weighted by Gasteiger charge is 2.20. The van der Waals surface area contributed by atoms with E-state index in [-0.39, 0.29) is 12.6 Å². The summed E-state index contributed by atoms with van der Waals surface area (Å²) in [5, 5.41) is 21.9. The summed E-state index contributed by atoms with van der Waals surface area (Å²) in [5.41, 5.74) is 0. The van der Waals surface area contributed by atoms with Crippen LogP contribution in [0, 0.1) is 0 Å². The quantitative estimate of drug-likeness (QED) is 0.548. The summed E-state index contributed by atoms with van der Waals surface area (Å²) in [6.07, 6.45) is 2.57. The standard InChI is InChI=1S/C7H14NO2/c9-5-7(10)6-3-1-2-4-8-6/h6-7,9-10H,1-5H2. The van der Waals surface area contributed by atoms with Crippen molar-refractivity contribution in [1.29, 1.82) is 0 Å². The fraction of sp³-hybridized carbons (Fsp3) is 1.00. The molecule has 0 saturated carbocycles. The van der Waals surface area contributed by atoms with E-state index < -0.39 is 6.10 Å². The molecule has 2 N–H and O–H groups in total. The second-order valence-electron chi connectivity index (χ2n) is 2.72. The molecule has 1 heterocycles. The molecule has 2 unspecified atom stereocenters. The molecule has 1 aliphatic rings. The summed E-state index contributed by atoms with van der Waals surface area (Å²) in [7, 11) is 0. The average molecular weight is 144 g/mol. The maximum Gasteiger partial charge on any atom is 0.0939 e. The first-order valence-corrected chi connectivity index (χ1v) is 3.80. The van der Waals surface area contributed by atoms with Crippen molar-refractivity contribution in [3.05, 3.63) is 0 Å². The van der Waals surface area contributed by atoms with Crippen LogP contribution < -0.4 is 5.32 Å². The third kappa shape index (κ3) is 1.94. The maximum atomic E-state index is 9.14. The zero-order valence-corrected chi connectivity index (χ0v) is 6.03. The molecule has 0 aromatic rings. The molecule has 0 bridgehead atoms. The van der Waals surface area contributed by atoms with Gasteiger partial charge in [-0.25, -0.2) is 5.32 Å².